The van der Waals surface area contributed by atoms with Crippen LogP contribution in [0.3, 0.4) is 0 Å². The van der Waals surface area contributed by atoms with Crippen molar-refractivity contribution in [2.24, 2.45) is 5.73 Å². The summed E-state index contributed by atoms with van der Waals surface area (Å²) in [4.78, 5) is 30.7. The maximum Gasteiger partial charge on any atom is 0.255 e. The van der Waals surface area contributed by atoms with Gasteiger partial charge in [0.25, 0.3) is 5.91 Å². The Morgan fingerprint density at radius 1 is 1.33 bits per heavy atom. The summed E-state index contributed by atoms with van der Waals surface area (Å²) in [5.74, 6) is 5.41. The van der Waals surface area contributed by atoms with Gasteiger partial charge in [0, 0.05) is 25.2 Å². The van der Waals surface area contributed by atoms with Gasteiger partial charge in [-0.3, -0.25) is 9.59 Å². The molecule has 5 rings (SSSR count). The zero-order valence-corrected chi connectivity index (χ0v) is 20.5. The number of amides is 2. The number of hydrogen-bond donors (Lipinski definition) is 3. The first-order chi connectivity index (χ1) is 17.4. The molecule has 2 aromatic heterocycles. The van der Waals surface area contributed by atoms with Crippen molar-refractivity contribution >= 4 is 40.3 Å². The zero-order valence-electron chi connectivity index (χ0n) is 19.7. The van der Waals surface area contributed by atoms with E-state index in [9.17, 15) is 14.7 Å². The van der Waals surface area contributed by atoms with Gasteiger partial charge in [-0.25, -0.2) is 9.67 Å². The van der Waals surface area contributed by atoms with Crippen LogP contribution in [0.25, 0.3) is 11.0 Å². The number of likely N-dealkylation sites (tertiary alicyclic amines) is 1. The quantitative estimate of drug-likeness (QED) is 0.346. The van der Waals surface area contributed by atoms with Gasteiger partial charge in [0.05, 0.1) is 41.1 Å². The number of anilines is 1. The highest BCUT2D eigenvalue weighted by molar-refractivity contribution is 6.32. The Hall–Kier alpha value is -3.81. The monoisotopic (exact) mass is 507 g/mol. The maximum atomic E-state index is 12.4. The fourth-order valence-electron chi connectivity index (χ4n) is 4.80. The van der Waals surface area contributed by atoms with Crippen LogP contribution >= 0.6 is 11.6 Å². The van der Waals surface area contributed by atoms with Gasteiger partial charge < -0.3 is 25.6 Å². The van der Waals surface area contributed by atoms with E-state index in [0.717, 1.165) is 23.9 Å². The molecule has 1 saturated carbocycles. The average Bonchev–Trinajstić information content (AvgIpc) is 3.32. The highest BCUT2D eigenvalue weighted by atomic mass is 35.5. The molecule has 1 aliphatic carbocycles. The van der Waals surface area contributed by atoms with Crippen LogP contribution in [0.5, 0.6) is 0 Å². The van der Waals surface area contributed by atoms with Crippen LogP contribution < -0.4 is 11.1 Å². The van der Waals surface area contributed by atoms with Crippen molar-refractivity contribution in [2.45, 2.75) is 37.4 Å². The lowest BCUT2D eigenvalue weighted by atomic mass is 10.1. The van der Waals surface area contributed by atoms with E-state index < -0.39 is 5.91 Å². The zero-order chi connectivity index (χ0) is 25.6. The second-order valence-corrected chi connectivity index (χ2v) is 9.41. The van der Waals surface area contributed by atoms with Crippen LogP contribution in [-0.4, -0.2) is 67.4 Å². The Morgan fingerprint density at radius 3 is 2.75 bits per heavy atom. The number of nitrogens with one attached hydrogen (secondary N) is 1. The van der Waals surface area contributed by atoms with Gasteiger partial charge in [-0.2, -0.15) is 5.10 Å². The van der Waals surface area contributed by atoms with Crippen LogP contribution in [0, 0.1) is 11.8 Å². The third kappa shape index (κ3) is 4.10. The molecule has 36 heavy (non-hydrogen) atoms. The summed E-state index contributed by atoms with van der Waals surface area (Å²) in [6.45, 7) is 3.64. The first-order valence-electron chi connectivity index (χ1n) is 11.7. The molecule has 186 valence electrons. The Kier molecular flexibility index (Phi) is 6.20. The molecule has 0 radical (unpaired) electrons. The van der Waals surface area contributed by atoms with E-state index in [0.29, 0.717) is 35.4 Å². The van der Waals surface area contributed by atoms with E-state index in [1.54, 1.807) is 16.6 Å². The number of aliphatic hydroxyl groups excluding tert-OH is 1. The molecule has 2 aliphatic rings. The number of carbonyl (C=O) groups excluding carboxylic acids is 2. The highest BCUT2D eigenvalue weighted by Crippen LogP contribution is 2.38. The molecule has 1 aromatic carbocycles. The smallest absolute Gasteiger partial charge is 0.255 e. The summed E-state index contributed by atoms with van der Waals surface area (Å²) >= 11 is 6.54. The third-order valence-corrected chi connectivity index (χ3v) is 7.03. The average molecular weight is 508 g/mol. The predicted molar refractivity (Wildman–Crippen MR) is 136 cm³/mol. The number of aliphatic hydroxyl groups is 1. The van der Waals surface area contributed by atoms with E-state index >= 15 is 0 Å². The van der Waals surface area contributed by atoms with E-state index in [2.05, 4.69) is 38.4 Å². The Morgan fingerprint density at radius 2 is 2.11 bits per heavy atom. The minimum absolute atomic E-state index is 0.147. The van der Waals surface area contributed by atoms with Gasteiger partial charge in [0.15, 0.2) is 5.69 Å². The molecule has 2 fully saturated rings. The van der Waals surface area contributed by atoms with E-state index in [4.69, 9.17) is 17.3 Å². The van der Waals surface area contributed by atoms with Crippen molar-refractivity contribution in [1.29, 1.82) is 0 Å². The molecule has 3 heterocycles. The van der Waals surface area contributed by atoms with Gasteiger partial charge in [-0.15, -0.1) is 0 Å². The molecule has 4 N–H and O–H groups in total. The van der Waals surface area contributed by atoms with Gasteiger partial charge >= 0.3 is 0 Å². The molecule has 1 saturated heterocycles. The van der Waals surface area contributed by atoms with Crippen LogP contribution in [0.2, 0.25) is 5.02 Å². The standard InChI is InChI=1S/C25H26ClN7O3/c1-3-22(35)31-11-16(9-17(31)12-34)33-25(28-2)23(24(27)36)19(30-33)7-4-14-8-20-21(10-18(14)26)32(13-29-20)15-5-6-15/h3,8,10,13,15-17,28,34H,1,5-6,9,11-12H2,2H3,(H2,27,36)/t16-,17+/m0/s1. The predicted octanol–water partition coefficient (Wildman–Crippen LogP) is 2.08. The molecule has 10 nitrogen and oxygen atoms in total. The van der Waals surface area contributed by atoms with E-state index in [1.807, 2.05) is 18.5 Å². The lowest BCUT2D eigenvalue weighted by Gasteiger charge is -2.20. The third-order valence-electron chi connectivity index (χ3n) is 6.72. The molecular formula is C25H26ClN7O3. The van der Waals surface area contributed by atoms with Gasteiger partial charge in [0.2, 0.25) is 5.91 Å². The molecule has 0 spiro atoms. The fraction of sp³-hybridized carbons (Fsp3) is 0.360. The van der Waals surface area contributed by atoms with Gasteiger partial charge in [0.1, 0.15) is 11.4 Å². The van der Waals surface area contributed by atoms with Gasteiger partial charge in [-0.05, 0) is 43.4 Å². The Labute approximate surface area is 212 Å². The summed E-state index contributed by atoms with van der Waals surface area (Å²) in [5.41, 5.74) is 8.37. The first-order valence-corrected chi connectivity index (χ1v) is 12.1. The fourth-order valence-corrected chi connectivity index (χ4v) is 5.01. The molecule has 0 unspecified atom stereocenters. The number of nitrogens with two attached hydrogens (primary N) is 1. The summed E-state index contributed by atoms with van der Waals surface area (Å²) in [6, 6.07) is 3.47. The van der Waals surface area contributed by atoms with Gasteiger partial charge in [-0.1, -0.05) is 24.1 Å². The summed E-state index contributed by atoms with van der Waals surface area (Å²) in [5, 5.41) is 17.8. The minimum atomic E-state index is -0.685. The van der Waals surface area contributed by atoms with Crippen LogP contribution in [-0.2, 0) is 4.79 Å². The number of carbonyl (C=O) groups is 2. The minimum Gasteiger partial charge on any atom is -0.394 e. The molecule has 2 amide bonds. The topological polar surface area (TPSA) is 131 Å². The normalized spacial score (nSPS) is 19.2. The number of benzene rings is 1. The van der Waals surface area contributed by atoms with E-state index in [-0.39, 0.29) is 35.9 Å². The number of fused-ring (bicyclic) bond motifs is 1. The lowest BCUT2D eigenvalue weighted by molar-refractivity contribution is -0.127. The summed E-state index contributed by atoms with van der Waals surface area (Å²) in [6.07, 6.45) is 5.76. The number of rotatable bonds is 6. The number of hydrogen-bond acceptors (Lipinski definition) is 6. The van der Waals surface area contributed by atoms with Crippen molar-refractivity contribution in [2.75, 3.05) is 25.5 Å². The Balaban J connectivity index is 1.52. The second kappa shape index (κ2) is 9.33. The molecule has 1 aliphatic heterocycles. The van der Waals surface area contributed by atoms with Crippen molar-refractivity contribution in [3.05, 3.63) is 53.0 Å². The SMILES string of the molecule is C=CC(=O)N1C[C@@H](n2nc(C#Cc3cc4ncn(C5CC5)c4cc3Cl)c(C(N)=O)c2NC)C[C@@H]1CO. The second-order valence-electron chi connectivity index (χ2n) is 9.01. The van der Waals surface area contributed by atoms with Crippen molar-refractivity contribution in [1.82, 2.24) is 24.2 Å². The number of aromatic nitrogens is 4. The molecule has 0 bridgehead atoms. The molecule has 3 aromatic rings. The molecular weight excluding hydrogens is 482 g/mol. The molecule has 2 atom stereocenters. The summed E-state index contributed by atoms with van der Waals surface area (Å²) < 4.78 is 3.75. The summed E-state index contributed by atoms with van der Waals surface area (Å²) in [7, 11) is 1.66. The van der Waals surface area contributed by atoms with Crippen LogP contribution in [0.1, 0.15) is 53.0 Å². The largest absolute Gasteiger partial charge is 0.394 e. The Bertz CT molecular complexity index is 1440. The van der Waals surface area contributed by atoms with Crippen molar-refractivity contribution in [3.8, 4) is 11.8 Å². The maximum absolute atomic E-state index is 12.4. The number of nitrogens with zero attached hydrogens (tertiary/aromatic N) is 5. The first kappa shape index (κ1) is 23.9. The van der Waals surface area contributed by atoms with Crippen LogP contribution in [0.4, 0.5) is 5.82 Å². The lowest BCUT2D eigenvalue weighted by Crippen LogP contribution is -2.36. The number of halogens is 1. The van der Waals surface area contributed by atoms with Crippen molar-refractivity contribution < 1.29 is 14.7 Å². The number of primary amides is 1. The highest BCUT2D eigenvalue weighted by Gasteiger charge is 2.37. The van der Waals surface area contributed by atoms with Crippen LogP contribution in [0.15, 0.2) is 31.1 Å². The number of imidazole rings is 1. The molecule has 11 heteroatoms. The van der Waals surface area contributed by atoms with Crippen molar-refractivity contribution in [3.63, 3.8) is 0 Å². The van der Waals surface area contributed by atoms with E-state index in [1.165, 1.54) is 6.08 Å².